The van der Waals surface area contributed by atoms with Gasteiger partial charge < -0.3 is 15.4 Å². The predicted octanol–water partition coefficient (Wildman–Crippen LogP) is 3.11. The molecule has 0 spiro atoms. The number of rotatable bonds is 6. The maximum Gasteiger partial charge on any atom is 0.338 e. The van der Waals surface area contributed by atoms with E-state index in [1.54, 1.807) is 24.3 Å². The van der Waals surface area contributed by atoms with Crippen molar-refractivity contribution in [2.45, 2.75) is 31.2 Å². The van der Waals surface area contributed by atoms with Crippen molar-refractivity contribution >= 4 is 34.8 Å². The van der Waals surface area contributed by atoms with Gasteiger partial charge in [-0.3, -0.25) is 9.59 Å². The highest BCUT2D eigenvalue weighted by atomic mass is 32.1. The second kappa shape index (κ2) is 8.67. The fraction of sp³-hybridized carbons (Fsp3) is 0.300. The summed E-state index contributed by atoms with van der Waals surface area (Å²) in [5, 5.41) is 16.5. The Bertz CT molecular complexity index is 895. The SMILES string of the molecule is N#CC1(NC(=O)COC(=O)c2ccc(NC(=O)c3cccs3)cc2)CCCC1. The van der Waals surface area contributed by atoms with Crippen LogP contribution in [-0.4, -0.2) is 29.9 Å². The van der Waals surface area contributed by atoms with Crippen LogP contribution in [0, 0.1) is 11.3 Å². The average Bonchev–Trinajstić information content (AvgIpc) is 3.39. The summed E-state index contributed by atoms with van der Waals surface area (Å²) in [5.41, 5.74) is -0.0333. The van der Waals surface area contributed by atoms with Gasteiger partial charge in [-0.15, -0.1) is 11.3 Å². The quantitative estimate of drug-likeness (QED) is 0.728. The lowest BCUT2D eigenvalue weighted by Gasteiger charge is -2.21. The van der Waals surface area contributed by atoms with Crippen LogP contribution in [-0.2, 0) is 9.53 Å². The molecule has 1 fully saturated rings. The number of esters is 1. The summed E-state index contributed by atoms with van der Waals surface area (Å²) in [6.45, 7) is -0.445. The molecule has 0 bridgehead atoms. The monoisotopic (exact) mass is 397 g/mol. The topological polar surface area (TPSA) is 108 Å². The van der Waals surface area contributed by atoms with Gasteiger partial charge in [0, 0.05) is 5.69 Å². The molecule has 8 heteroatoms. The minimum absolute atomic E-state index is 0.222. The third-order valence-electron chi connectivity index (χ3n) is 4.51. The van der Waals surface area contributed by atoms with Crippen molar-refractivity contribution in [3.05, 3.63) is 52.2 Å². The van der Waals surface area contributed by atoms with E-state index in [0.717, 1.165) is 12.8 Å². The number of thiophene rings is 1. The third-order valence-corrected chi connectivity index (χ3v) is 5.38. The number of nitrogens with zero attached hydrogens (tertiary/aromatic N) is 1. The molecule has 7 nitrogen and oxygen atoms in total. The molecule has 0 atom stereocenters. The maximum atomic E-state index is 12.1. The molecule has 1 saturated carbocycles. The second-order valence-corrected chi connectivity index (χ2v) is 7.48. The summed E-state index contributed by atoms with van der Waals surface area (Å²) < 4.78 is 5.02. The molecule has 1 aromatic heterocycles. The largest absolute Gasteiger partial charge is 0.452 e. The predicted molar refractivity (Wildman–Crippen MR) is 104 cm³/mol. The number of anilines is 1. The molecule has 1 aromatic carbocycles. The highest BCUT2D eigenvalue weighted by Gasteiger charge is 2.35. The summed E-state index contributed by atoms with van der Waals surface area (Å²) >= 11 is 1.34. The second-order valence-electron chi connectivity index (χ2n) is 6.53. The minimum Gasteiger partial charge on any atom is -0.452 e. The molecule has 2 aromatic rings. The van der Waals surface area contributed by atoms with Crippen molar-refractivity contribution in [2.24, 2.45) is 0 Å². The number of nitriles is 1. The van der Waals surface area contributed by atoms with Crippen LogP contribution in [0.25, 0.3) is 0 Å². The molecule has 3 rings (SSSR count). The molecule has 0 saturated heterocycles. The van der Waals surface area contributed by atoms with Crippen molar-refractivity contribution in [2.75, 3.05) is 11.9 Å². The molecular weight excluding hydrogens is 378 g/mol. The van der Waals surface area contributed by atoms with Gasteiger partial charge >= 0.3 is 5.97 Å². The fourth-order valence-corrected chi connectivity index (χ4v) is 3.67. The number of amides is 2. The van der Waals surface area contributed by atoms with E-state index in [9.17, 15) is 19.6 Å². The highest BCUT2D eigenvalue weighted by molar-refractivity contribution is 7.12. The lowest BCUT2D eigenvalue weighted by Crippen LogP contribution is -2.46. The van der Waals surface area contributed by atoms with E-state index in [4.69, 9.17) is 4.74 Å². The third kappa shape index (κ3) is 4.75. The molecule has 0 unspecified atom stereocenters. The molecule has 1 aliphatic carbocycles. The van der Waals surface area contributed by atoms with Gasteiger partial charge in [0.25, 0.3) is 11.8 Å². The normalized spacial score (nSPS) is 14.7. The smallest absolute Gasteiger partial charge is 0.338 e. The first-order chi connectivity index (χ1) is 13.5. The summed E-state index contributed by atoms with van der Waals surface area (Å²) in [6, 6.07) is 11.9. The van der Waals surface area contributed by atoms with Gasteiger partial charge in [-0.2, -0.15) is 5.26 Å². The van der Waals surface area contributed by atoms with Gasteiger partial charge in [-0.05, 0) is 61.4 Å². The van der Waals surface area contributed by atoms with Crippen molar-refractivity contribution in [3.63, 3.8) is 0 Å². The Morgan fingerprint density at radius 1 is 1.14 bits per heavy atom. The molecule has 144 valence electrons. The Kier molecular flexibility index (Phi) is 6.06. The van der Waals surface area contributed by atoms with Crippen LogP contribution in [0.1, 0.15) is 45.7 Å². The highest BCUT2D eigenvalue weighted by Crippen LogP contribution is 2.28. The van der Waals surface area contributed by atoms with Crippen molar-refractivity contribution in [1.29, 1.82) is 5.26 Å². The summed E-state index contributed by atoms with van der Waals surface area (Å²) in [7, 11) is 0. The number of nitrogens with one attached hydrogen (secondary N) is 2. The van der Waals surface area contributed by atoms with Crippen molar-refractivity contribution < 1.29 is 19.1 Å². The molecule has 0 radical (unpaired) electrons. The number of benzene rings is 1. The van der Waals surface area contributed by atoms with Crippen LogP contribution in [0.2, 0.25) is 0 Å². The van der Waals surface area contributed by atoms with Crippen molar-refractivity contribution in [3.8, 4) is 6.07 Å². The summed E-state index contributed by atoms with van der Waals surface area (Å²) in [6.07, 6.45) is 3.01. The maximum absolute atomic E-state index is 12.1. The molecular formula is C20H19N3O4S. The van der Waals surface area contributed by atoms with E-state index in [1.807, 2.05) is 5.38 Å². The Morgan fingerprint density at radius 2 is 1.86 bits per heavy atom. The zero-order chi connectivity index (χ0) is 20.0. The van der Waals surface area contributed by atoms with Crippen LogP contribution in [0.4, 0.5) is 5.69 Å². The first kappa shape index (κ1) is 19.6. The van der Waals surface area contributed by atoms with Gasteiger partial charge in [0.05, 0.1) is 16.5 Å². The van der Waals surface area contributed by atoms with Crippen LogP contribution >= 0.6 is 11.3 Å². The Balaban J connectivity index is 1.50. The number of carbonyl (C=O) groups is 3. The van der Waals surface area contributed by atoms with Gasteiger partial charge in [0.2, 0.25) is 0 Å². The minimum atomic E-state index is -0.841. The van der Waals surface area contributed by atoms with E-state index < -0.39 is 24.0 Å². The van der Waals surface area contributed by atoms with Crippen LogP contribution in [0.5, 0.6) is 0 Å². The molecule has 2 N–H and O–H groups in total. The van der Waals surface area contributed by atoms with Gasteiger partial charge in [0.1, 0.15) is 5.54 Å². The summed E-state index contributed by atoms with van der Waals surface area (Å²) in [5.74, 6) is -1.36. The van der Waals surface area contributed by atoms with Crippen LogP contribution in [0.3, 0.4) is 0 Å². The molecule has 2 amide bonds. The number of hydrogen-bond acceptors (Lipinski definition) is 6. The van der Waals surface area contributed by atoms with E-state index in [1.165, 1.54) is 23.5 Å². The Labute approximate surface area is 166 Å². The number of carbonyl (C=O) groups excluding carboxylic acids is 3. The molecule has 1 heterocycles. The van der Waals surface area contributed by atoms with Crippen LogP contribution < -0.4 is 10.6 Å². The lowest BCUT2D eigenvalue weighted by atomic mass is 10.00. The van der Waals surface area contributed by atoms with Crippen molar-refractivity contribution in [1.82, 2.24) is 5.32 Å². The average molecular weight is 397 g/mol. The zero-order valence-electron chi connectivity index (χ0n) is 15.1. The van der Waals surface area contributed by atoms with Crippen LogP contribution in [0.15, 0.2) is 41.8 Å². The first-order valence-corrected chi connectivity index (χ1v) is 9.74. The molecule has 28 heavy (non-hydrogen) atoms. The summed E-state index contributed by atoms with van der Waals surface area (Å²) in [4.78, 5) is 36.7. The standard InChI is InChI=1S/C20H19N3O4S/c21-13-20(9-1-2-10-20)23-17(24)12-27-19(26)14-5-7-15(8-6-14)22-18(25)16-4-3-11-28-16/h3-8,11H,1-2,9-10,12H2,(H,22,25)(H,23,24). The van der Waals surface area contributed by atoms with Gasteiger partial charge in [0.15, 0.2) is 6.61 Å². The van der Waals surface area contributed by atoms with E-state index >= 15 is 0 Å². The van der Waals surface area contributed by atoms with E-state index in [0.29, 0.717) is 23.4 Å². The number of hydrogen-bond donors (Lipinski definition) is 2. The number of ether oxygens (including phenoxy) is 1. The molecule has 0 aliphatic heterocycles. The Morgan fingerprint density at radius 3 is 2.46 bits per heavy atom. The Hall–Kier alpha value is -3.18. The van der Waals surface area contributed by atoms with Gasteiger partial charge in [-0.1, -0.05) is 6.07 Å². The lowest BCUT2D eigenvalue weighted by molar-refractivity contribution is -0.125. The van der Waals surface area contributed by atoms with E-state index in [2.05, 4.69) is 16.7 Å². The van der Waals surface area contributed by atoms with E-state index in [-0.39, 0.29) is 11.5 Å². The molecule has 1 aliphatic rings. The fourth-order valence-electron chi connectivity index (χ4n) is 3.05. The first-order valence-electron chi connectivity index (χ1n) is 8.86. The van der Waals surface area contributed by atoms with Gasteiger partial charge in [-0.25, -0.2) is 4.79 Å². The zero-order valence-corrected chi connectivity index (χ0v) is 15.9.